The molecule has 120 valence electrons. The number of benzene rings is 1. The summed E-state index contributed by atoms with van der Waals surface area (Å²) in [5, 5.41) is 6.39. The Bertz CT molecular complexity index is 452. The van der Waals surface area contributed by atoms with Gasteiger partial charge in [-0.1, -0.05) is 26.0 Å². The van der Waals surface area contributed by atoms with Crippen LogP contribution >= 0.6 is 24.0 Å². The normalized spacial score (nSPS) is 11.8. The van der Waals surface area contributed by atoms with Crippen LogP contribution in [-0.4, -0.2) is 39.8 Å². The van der Waals surface area contributed by atoms with E-state index < -0.39 is 0 Å². The molecule has 0 spiro atoms. The van der Waals surface area contributed by atoms with Crippen LogP contribution in [0.1, 0.15) is 19.4 Å². The molecule has 0 aliphatic carbocycles. The number of halogens is 2. The SMILES string of the molecule is CN=C(NCCOC)NCC(C)(C)c1cccc(F)c1.I. The Hall–Kier alpha value is -0.890. The van der Waals surface area contributed by atoms with Crippen molar-refractivity contribution in [3.05, 3.63) is 35.6 Å². The van der Waals surface area contributed by atoms with E-state index in [-0.39, 0.29) is 35.2 Å². The van der Waals surface area contributed by atoms with E-state index in [0.717, 1.165) is 5.56 Å². The molecule has 0 saturated heterocycles. The summed E-state index contributed by atoms with van der Waals surface area (Å²) in [7, 11) is 3.38. The molecular formula is C15H25FIN3O. The topological polar surface area (TPSA) is 45.7 Å². The van der Waals surface area contributed by atoms with Gasteiger partial charge in [0.1, 0.15) is 5.82 Å². The highest BCUT2D eigenvalue weighted by atomic mass is 127. The first-order valence-corrected chi connectivity index (χ1v) is 6.69. The van der Waals surface area contributed by atoms with Crippen molar-refractivity contribution in [3.63, 3.8) is 0 Å². The first kappa shape index (κ1) is 20.1. The fraction of sp³-hybridized carbons (Fsp3) is 0.533. The molecule has 0 saturated carbocycles. The molecule has 1 rings (SSSR count). The number of rotatable bonds is 6. The van der Waals surface area contributed by atoms with E-state index in [4.69, 9.17) is 4.74 Å². The van der Waals surface area contributed by atoms with Crippen molar-refractivity contribution in [1.82, 2.24) is 10.6 Å². The van der Waals surface area contributed by atoms with Gasteiger partial charge in [-0.15, -0.1) is 24.0 Å². The summed E-state index contributed by atoms with van der Waals surface area (Å²) in [4.78, 5) is 4.14. The Kier molecular flexibility index (Phi) is 9.52. The van der Waals surface area contributed by atoms with Gasteiger partial charge in [0.2, 0.25) is 0 Å². The summed E-state index contributed by atoms with van der Waals surface area (Å²) >= 11 is 0. The lowest BCUT2D eigenvalue weighted by atomic mass is 9.84. The zero-order valence-electron chi connectivity index (χ0n) is 13.1. The summed E-state index contributed by atoms with van der Waals surface area (Å²) in [5.74, 6) is 0.504. The second-order valence-corrected chi connectivity index (χ2v) is 5.24. The van der Waals surface area contributed by atoms with Crippen LogP contribution in [0.15, 0.2) is 29.3 Å². The third kappa shape index (κ3) is 7.08. The van der Waals surface area contributed by atoms with Gasteiger partial charge in [-0.05, 0) is 17.7 Å². The molecule has 1 aromatic rings. The van der Waals surface area contributed by atoms with Crippen LogP contribution in [0.4, 0.5) is 4.39 Å². The average molecular weight is 409 g/mol. The molecule has 0 atom stereocenters. The van der Waals surface area contributed by atoms with Crippen molar-refractivity contribution in [2.45, 2.75) is 19.3 Å². The lowest BCUT2D eigenvalue weighted by molar-refractivity contribution is 0.203. The van der Waals surface area contributed by atoms with Crippen LogP contribution in [-0.2, 0) is 10.2 Å². The van der Waals surface area contributed by atoms with E-state index in [0.29, 0.717) is 25.7 Å². The van der Waals surface area contributed by atoms with E-state index in [1.165, 1.54) is 6.07 Å². The molecule has 0 fully saturated rings. The van der Waals surface area contributed by atoms with E-state index in [1.807, 2.05) is 6.07 Å². The van der Waals surface area contributed by atoms with Crippen LogP contribution in [0.2, 0.25) is 0 Å². The fourth-order valence-corrected chi connectivity index (χ4v) is 1.81. The molecule has 0 aliphatic heterocycles. The molecule has 6 heteroatoms. The van der Waals surface area contributed by atoms with Gasteiger partial charge in [-0.2, -0.15) is 0 Å². The molecule has 2 N–H and O–H groups in total. The zero-order chi connectivity index (χ0) is 15.0. The third-order valence-corrected chi connectivity index (χ3v) is 3.13. The largest absolute Gasteiger partial charge is 0.383 e. The second kappa shape index (κ2) is 9.94. The molecule has 0 radical (unpaired) electrons. The van der Waals surface area contributed by atoms with Crippen LogP contribution < -0.4 is 10.6 Å². The minimum Gasteiger partial charge on any atom is -0.383 e. The number of ether oxygens (including phenoxy) is 1. The highest BCUT2D eigenvalue weighted by Crippen LogP contribution is 2.22. The number of hydrogen-bond acceptors (Lipinski definition) is 2. The van der Waals surface area contributed by atoms with Gasteiger partial charge >= 0.3 is 0 Å². The lowest BCUT2D eigenvalue weighted by Crippen LogP contribution is -2.44. The highest BCUT2D eigenvalue weighted by molar-refractivity contribution is 14.0. The maximum Gasteiger partial charge on any atom is 0.191 e. The smallest absolute Gasteiger partial charge is 0.191 e. The van der Waals surface area contributed by atoms with Gasteiger partial charge in [-0.3, -0.25) is 4.99 Å². The Balaban J connectivity index is 0.00000400. The quantitative estimate of drug-likeness (QED) is 0.329. The van der Waals surface area contributed by atoms with E-state index in [1.54, 1.807) is 26.3 Å². The average Bonchev–Trinajstić information content (AvgIpc) is 2.42. The number of nitrogens with zero attached hydrogens (tertiary/aromatic N) is 1. The number of aliphatic imine (C=N–C) groups is 1. The molecule has 0 aliphatic rings. The van der Waals surface area contributed by atoms with Crippen molar-refractivity contribution >= 4 is 29.9 Å². The van der Waals surface area contributed by atoms with Crippen LogP contribution in [0.25, 0.3) is 0 Å². The molecule has 1 aromatic carbocycles. The molecule has 0 aromatic heterocycles. The fourth-order valence-electron chi connectivity index (χ4n) is 1.81. The number of methoxy groups -OCH3 is 1. The minimum atomic E-state index is -0.210. The number of nitrogens with one attached hydrogen (secondary N) is 2. The van der Waals surface area contributed by atoms with Crippen molar-refractivity contribution in [2.75, 3.05) is 33.9 Å². The summed E-state index contributed by atoms with van der Waals surface area (Å²) < 4.78 is 18.3. The molecular weight excluding hydrogens is 384 g/mol. The predicted octanol–water partition coefficient (Wildman–Crippen LogP) is 2.53. The first-order valence-electron chi connectivity index (χ1n) is 6.69. The Morgan fingerprint density at radius 1 is 1.33 bits per heavy atom. The minimum absolute atomic E-state index is 0. The Labute approximate surface area is 143 Å². The summed E-state index contributed by atoms with van der Waals surface area (Å²) in [6.07, 6.45) is 0. The van der Waals surface area contributed by atoms with Crippen LogP contribution in [0.3, 0.4) is 0 Å². The highest BCUT2D eigenvalue weighted by Gasteiger charge is 2.21. The number of hydrogen-bond donors (Lipinski definition) is 2. The molecule has 0 bridgehead atoms. The summed E-state index contributed by atoms with van der Waals surface area (Å²) in [5.41, 5.74) is 0.762. The summed E-state index contributed by atoms with van der Waals surface area (Å²) in [6.45, 7) is 6.10. The monoisotopic (exact) mass is 409 g/mol. The van der Waals surface area contributed by atoms with Crippen molar-refractivity contribution < 1.29 is 9.13 Å². The zero-order valence-corrected chi connectivity index (χ0v) is 15.4. The van der Waals surface area contributed by atoms with E-state index >= 15 is 0 Å². The first-order chi connectivity index (χ1) is 9.49. The van der Waals surface area contributed by atoms with Crippen LogP contribution in [0, 0.1) is 5.82 Å². The van der Waals surface area contributed by atoms with Gasteiger partial charge < -0.3 is 15.4 Å². The van der Waals surface area contributed by atoms with E-state index in [2.05, 4.69) is 29.5 Å². The Morgan fingerprint density at radius 3 is 2.62 bits per heavy atom. The lowest BCUT2D eigenvalue weighted by Gasteiger charge is -2.26. The van der Waals surface area contributed by atoms with E-state index in [9.17, 15) is 4.39 Å². The van der Waals surface area contributed by atoms with Crippen LogP contribution in [0.5, 0.6) is 0 Å². The van der Waals surface area contributed by atoms with Crippen molar-refractivity contribution in [2.24, 2.45) is 4.99 Å². The van der Waals surface area contributed by atoms with Crippen molar-refractivity contribution in [3.8, 4) is 0 Å². The predicted molar refractivity (Wildman–Crippen MR) is 96.1 cm³/mol. The van der Waals surface area contributed by atoms with Gasteiger partial charge in [0.15, 0.2) is 5.96 Å². The van der Waals surface area contributed by atoms with Gasteiger partial charge in [0, 0.05) is 32.7 Å². The van der Waals surface area contributed by atoms with Gasteiger partial charge in [0.25, 0.3) is 0 Å². The standard InChI is InChI=1S/C15H24FN3O.HI/c1-15(2,12-6-5-7-13(16)10-12)11-19-14(17-3)18-8-9-20-4;/h5-7,10H,8-9,11H2,1-4H3,(H2,17,18,19);1H. The molecule has 0 amide bonds. The molecule has 21 heavy (non-hydrogen) atoms. The maximum absolute atomic E-state index is 13.3. The van der Waals surface area contributed by atoms with Crippen molar-refractivity contribution in [1.29, 1.82) is 0 Å². The molecule has 0 unspecified atom stereocenters. The molecule has 4 nitrogen and oxygen atoms in total. The number of guanidine groups is 1. The second-order valence-electron chi connectivity index (χ2n) is 5.24. The summed E-state index contributed by atoms with van der Waals surface area (Å²) in [6, 6.07) is 6.70. The maximum atomic E-state index is 13.3. The van der Waals surface area contributed by atoms with Gasteiger partial charge in [0.05, 0.1) is 6.61 Å². The Morgan fingerprint density at radius 2 is 2.05 bits per heavy atom. The third-order valence-electron chi connectivity index (χ3n) is 3.13. The van der Waals surface area contributed by atoms with Gasteiger partial charge in [-0.25, -0.2) is 4.39 Å². The molecule has 0 heterocycles.